The second-order valence-electron chi connectivity index (χ2n) is 7.44. The minimum Gasteiger partial charge on any atom is -0.508 e. The van der Waals surface area contributed by atoms with Gasteiger partial charge in [0.1, 0.15) is 28.8 Å². The highest BCUT2D eigenvalue weighted by Crippen LogP contribution is 2.46. The van der Waals surface area contributed by atoms with Crippen molar-refractivity contribution in [3.8, 4) is 23.0 Å². The summed E-state index contributed by atoms with van der Waals surface area (Å²) in [6.07, 6.45) is 0. The van der Waals surface area contributed by atoms with E-state index in [0.717, 1.165) is 4.90 Å². The summed E-state index contributed by atoms with van der Waals surface area (Å²) in [5.74, 6) is -2.29. The molecule has 0 aliphatic carbocycles. The summed E-state index contributed by atoms with van der Waals surface area (Å²) in [5.41, 5.74) is 0.355. The van der Waals surface area contributed by atoms with E-state index >= 15 is 0 Å². The quantitative estimate of drug-likeness (QED) is 0.281. The fourth-order valence-electron chi connectivity index (χ4n) is 3.91. The second kappa shape index (κ2) is 8.99. The van der Waals surface area contributed by atoms with Gasteiger partial charge < -0.3 is 24.8 Å². The number of aliphatic hydroxyl groups is 1. The molecule has 1 aliphatic heterocycles. The molecule has 1 fully saturated rings. The van der Waals surface area contributed by atoms with E-state index in [1.807, 2.05) is 0 Å². The second-order valence-corrected chi connectivity index (χ2v) is 7.84. The molecule has 1 amide bonds. The van der Waals surface area contributed by atoms with Crippen LogP contribution in [-0.4, -0.2) is 41.2 Å². The Morgan fingerprint density at radius 2 is 1.59 bits per heavy atom. The minimum atomic E-state index is -1.11. The Labute approximate surface area is 199 Å². The largest absolute Gasteiger partial charge is 0.508 e. The Kier molecular flexibility index (Phi) is 6.08. The third kappa shape index (κ3) is 3.78. The first-order chi connectivity index (χ1) is 16.3. The van der Waals surface area contributed by atoms with Crippen LogP contribution < -0.4 is 14.4 Å². The zero-order valence-corrected chi connectivity index (χ0v) is 18.9. The van der Waals surface area contributed by atoms with Crippen LogP contribution in [0, 0.1) is 0 Å². The minimum absolute atomic E-state index is 0.0210. The van der Waals surface area contributed by atoms with Gasteiger partial charge in [0.2, 0.25) is 0 Å². The molecule has 0 saturated carbocycles. The number of phenolic OH excluding ortho intramolecular Hbond substituents is 2. The Morgan fingerprint density at radius 1 is 0.941 bits per heavy atom. The van der Waals surface area contributed by atoms with Crippen molar-refractivity contribution in [2.24, 2.45) is 0 Å². The average molecular weight is 482 g/mol. The third-order valence-electron chi connectivity index (χ3n) is 5.52. The SMILES string of the molecule is COc1cc(/C(O)=C2\C(=O)C(=O)N(c3ccccc3O)C2c2ccc(O)cc2)c(OC)cc1Cl. The van der Waals surface area contributed by atoms with Gasteiger partial charge in [0, 0.05) is 6.07 Å². The van der Waals surface area contributed by atoms with Gasteiger partial charge in [-0.15, -0.1) is 0 Å². The summed E-state index contributed by atoms with van der Waals surface area (Å²) in [6.45, 7) is 0. The molecule has 174 valence electrons. The summed E-state index contributed by atoms with van der Waals surface area (Å²) in [4.78, 5) is 27.5. The molecule has 1 atom stereocenters. The average Bonchev–Trinajstić information content (AvgIpc) is 3.09. The first-order valence-corrected chi connectivity index (χ1v) is 10.5. The first kappa shape index (κ1) is 23.0. The van der Waals surface area contributed by atoms with Crippen molar-refractivity contribution in [2.75, 3.05) is 19.1 Å². The number of hydrogen-bond donors (Lipinski definition) is 3. The van der Waals surface area contributed by atoms with Gasteiger partial charge in [0.25, 0.3) is 11.7 Å². The smallest absolute Gasteiger partial charge is 0.300 e. The molecule has 0 spiro atoms. The number of ketones is 1. The van der Waals surface area contributed by atoms with Crippen molar-refractivity contribution in [2.45, 2.75) is 6.04 Å². The number of carbonyl (C=O) groups is 2. The summed E-state index contributed by atoms with van der Waals surface area (Å²) < 4.78 is 10.6. The number of aliphatic hydroxyl groups excluding tert-OH is 1. The highest BCUT2D eigenvalue weighted by molar-refractivity contribution is 6.52. The molecule has 9 heteroatoms. The number of benzene rings is 3. The van der Waals surface area contributed by atoms with Crippen LogP contribution in [-0.2, 0) is 9.59 Å². The Balaban J connectivity index is 2.01. The normalized spacial score (nSPS) is 17.1. The van der Waals surface area contributed by atoms with Crippen molar-refractivity contribution < 1.29 is 34.4 Å². The number of halogens is 1. The third-order valence-corrected chi connectivity index (χ3v) is 5.82. The molecule has 3 aromatic carbocycles. The topological polar surface area (TPSA) is 117 Å². The van der Waals surface area contributed by atoms with Crippen LogP contribution in [0.3, 0.4) is 0 Å². The maximum absolute atomic E-state index is 13.2. The summed E-state index contributed by atoms with van der Waals surface area (Å²) in [7, 11) is 2.76. The number of amides is 1. The number of carbonyl (C=O) groups excluding carboxylic acids is 2. The van der Waals surface area contributed by atoms with E-state index in [1.54, 1.807) is 12.1 Å². The van der Waals surface area contributed by atoms with Gasteiger partial charge in [-0.25, -0.2) is 0 Å². The Morgan fingerprint density at radius 3 is 2.21 bits per heavy atom. The zero-order valence-electron chi connectivity index (χ0n) is 18.2. The van der Waals surface area contributed by atoms with Crippen LogP contribution >= 0.6 is 11.6 Å². The number of para-hydroxylation sites is 2. The first-order valence-electron chi connectivity index (χ1n) is 10.1. The van der Waals surface area contributed by atoms with Crippen molar-refractivity contribution in [1.29, 1.82) is 0 Å². The summed E-state index contributed by atoms with van der Waals surface area (Å²) in [6, 6.07) is 13.6. The molecule has 1 saturated heterocycles. The lowest BCUT2D eigenvalue weighted by Crippen LogP contribution is -2.29. The van der Waals surface area contributed by atoms with Gasteiger partial charge in [-0.2, -0.15) is 0 Å². The lowest BCUT2D eigenvalue weighted by atomic mass is 9.94. The molecule has 3 N–H and O–H groups in total. The van der Waals surface area contributed by atoms with Crippen LogP contribution in [0.2, 0.25) is 5.02 Å². The van der Waals surface area contributed by atoms with E-state index in [-0.39, 0.29) is 44.8 Å². The molecular weight excluding hydrogens is 462 g/mol. The van der Waals surface area contributed by atoms with Gasteiger partial charge >= 0.3 is 0 Å². The number of phenols is 2. The van der Waals surface area contributed by atoms with E-state index in [1.165, 1.54) is 62.8 Å². The molecular formula is C25H20ClNO7. The Hall–Kier alpha value is -4.17. The van der Waals surface area contributed by atoms with Gasteiger partial charge in [0.15, 0.2) is 0 Å². The molecule has 3 aromatic rings. The number of aromatic hydroxyl groups is 2. The summed E-state index contributed by atoms with van der Waals surface area (Å²) in [5, 5.41) is 31.7. The highest BCUT2D eigenvalue weighted by atomic mass is 35.5. The monoisotopic (exact) mass is 481 g/mol. The molecule has 1 aliphatic rings. The van der Waals surface area contributed by atoms with Crippen LogP contribution in [0.5, 0.6) is 23.0 Å². The van der Waals surface area contributed by atoms with Crippen LogP contribution in [0.1, 0.15) is 17.2 Å². The van der Waals surface area contributed by atoms with Gasteiger partial charge in [-0.3, -0.25) is 14.5 Å². The molecule has 8 nitrogen and oxygen atoms in total. The predicted octanol–water partition coefficient (Wildman–Crippen LogP) is 4.39. The van der Waals surface area contributed by atoms with Crippen LogP contribution in [0.15, 0.2) is 66.2 Å². The molecule has 0 aromatic heterocycles. The van der Waals surface area contributed by atoms with Crippen molar-refractivity contribution in [1.82, 2.24) is 0 Å². The fourth-order valence-corrected chi connectivity index (χ4v) is 4.14. The number of ether oxygens (including phenoxy) is 2. The zero-order chi connectivity index (χ0) is 24.6. The van der Waals surface area contributed by atoms with Crippen molar-refractivity contribution >= 4 is 34.7 Å². The van der Waals surface area contributed by atoms with Gasteiger partial charge in [0.05, 0.1) is 42.1 Å². The van der Waals surface area contributed by atoms with E-state index in [2.05, 4.69) is 0 Å². The van der Waals surface area contributed by atoms with E-state index in [9.17, 15) is 24.9 Å². The van der Waals surface area contributed by atoms with Crippen LogP contribution in [0.25, 0.3) is 5.76 Å². The molecule has 1 unspecified atom stereocenters. The van der Waals surface area contributed by atoms with Crippen molar-refractivity contribution in [3.63, 3.8) is 0 Å². The highest BCUT2D eigenvalue weighted by Gasteiger charge is 2.48. The van der Waals surface area contributed by atoms with Crippen molar-refractivity contribution in [3.05, 3.63) is 82.4 Å². The number of anilines is 1. The van der Waals surface area contributed by atoms with Gasteiger partial charge in [-0.05, 0) is 35.9 Å². The molecule has 0 radical (unpaired) electrons. The number of Topliss-reactive ketones (excluding diaryl/α,β-unsaturated/α-hetero) is 1. The van der Waals surface area contributed by atoms with Gasteiger partial charge in [-0.1, -0.05) is 35.9 Å². The summed E-state index contributed by atoms with van der Waals surface area (Å²) >= 11 is 6.17. The number of methoxy groups -OCH3 is 2. The maximum atomic E-state index is 13.2. The Bertz CT molecular complexity index is 1320. The molecule has 4 rings (SSSR count). The lowest BCUT2D eigenvalue weighted by molar-refractivity contribution is -0.132. The predicted molar refractivity (Wildman–Crippen MR) is 126 cm³/mol. The standard InChI is InChI=1S/C25H20ClNO7/c1-33-19-12-16(26)20(34-2)11-15(19)23(30)21-22(13-7-9-14(28)10-8-13)27(25(32)24(21)31)17-5-3-4-6-18(17)29/h3-12,22,28-30H,1-2H3/b23-21+. The van der Waals surface area contributed by atoms with Crippen LogP contribution in [0.4, 0.5) is 5.69 Å². The maximum Gasteiger partial charge on any atom is 0.300 e. The number of rotatable bonds is 5. The van der Waals surface area contributed by atoms with E-state index in [4.69, 9.17) is 21.1 Å². The fraction of sp³-hybridized carbons (Fsp3) is 0.120. The number of nitrogens with zero attached hydrogens (tertiary/aromatic N) is 1. The van der Waals surface area contributed by atoms with E-state index < -0.39 is 23.5 Å². The number of hydrogen-bond acceptors (Lipinski definition) is 7. The molecule has 34 heavy (non-hydrogen) atoms. The lowest BCUT2D eigenvalue weighted by Gasteiger charge is -2.26. The molecule has 1 heterocycles. The van der Waals surface area contributed by atoms with E-state index in [0.29, 0.717) is 5.56 Å². The molecule has 0 bridgehead atoms.